The van der Waals surface area contributed by atoms with Gasteiger partial charge in [-0.05, 0) is 49.3 Å². The Labute approximate surface area is 202 Å². The normalized spacial score (nSPS) is 18.4. The van der Waals surface area contributed by atoms with E-state index in [4.69, 9.17) is 0 Å². The van der Waals surface area contributed by atoms with Gasteiger partial charge < -0.3 is 15.1 Å². The molecule has 0 aliphatic carbocycles. The summed E-state index contributed by atoms with van der Waals surface area (Å²) in [5.74, 6) is 0.794. The molecule has 0 spiro atoms. The smallest absolute Gasteiger partial charge is 0.251 e. The molecule has 0 radical (unpaired) electrons. The summed E-state index contributed by atoms with van der Waals surface area (Å²) in [4.78, 5) is 42.8. The highest BCUT2D eigenvalue weighted by molar-refractivity contribution is 5.94. The maximum absolute atomic E-state index is 13.2. The topological polar surface area (TPSA) is 69.7 Å². The molecule has 2 aliphatic rings. The Bertz CT molecular complexity index is 963. The number of hydrogen-bond donors (Lipinski definition) is 1. The van der Waals surface area contributed by atoms with E-state index < -0.39 is 6.04 Å². The van der Waals surface area contributed by atoms with Crippen LogP contribution in [0.5, 0.6) is 0 Å². The van der Waals surface area contributed by atoms with E-state index in [1.54, 1.807) is 12.1 Å². The zero-order valence-corrected chi connectivity index (χ0v) is 20.0. The number of carbonyl (C=O) groups excluding carboxylic acids is 3. The van der Waals surface area contributed by atoms with E-state index in [9.17, 15) is 14.4 Å². The van der Waals surface area contributed by atoms with Crippen LogP contribution in [0.4, 0.5) is 0 Å². The van der Waals surface area contributed by atoms with Gasteiger partial charge in [0, 0.05) is 37.7 Å². The van der Waals surface area contributed by atoms with Crippen molar-refractivity contribution in [3.8, 4) is 0 Å². The predicted molar refractivity (Wildman–Crippen MR) is 132 cm³/mol. The van der Waals surface area contributed by atoms with Gasteiger partial charge in [0.2, 0.25) is 11.8 Å². The third kappa shape index (κ3) is 6.04. The molecule has 1 atom stereocenters. The summed E-state index contributed by atoms with van der Waals surface area (Å²) in [7, 11) is 0. The Morgan fingerprint density at radius 2 is 1.38 bits per heavy atom. The minimum absolute atomic E-state index is 0.0138. The van der Waals surface area contributed by atoms with Crippen molar-refractivity contribution in [2.75, 3.05) is 26.2 Å². The fraction of sp³-hybridized carbons (Fsp3) is 0.464. The van der Waals surface area contributed by atoms with Gasteiger partial charge in [0.1, 0.15) is 0 Å². The number of benzene rings is 2. The second-order valence-electron chi connectivity index (χ2n) is 9.67. The van der Waals surface area contributed by atoms with Gasteiger partial charge in [0.15, 0.2) is 0 Å². The van der Waals surface area contributed by atoms with Gasteiger partial charge in [0.05, 0.1) is 12.5 Å². The molecule has 2 heterocycles. The van der Waals surface area contributed by atoms with Crippen LogP contribution in [0, 0.1) is 11.8 Å². The summed E-state index contributed by atoms with van der Waals surface area (Å²) in [6.07, 6.45) is 3.79. The zero-order valence-electron chi connectivity index (χ0n) is 20.0. The number of amides is 3. The monoisotopic (exact) mass is 461 g/mol. The van der Waals surface area contributed by atoms with Gasteiger partial charge >= 0.3 is 0 Å². The lowest BCUT2D eigenvalue weighted by Crippen LogP contribution is -2.47. The average molecular weight is 462 g/mol. The lowest BCUT2D eigenvalue weighted by atomic mass is 9.92. The number of piperidine rings is 2. The van der Waals surface area contributed by atoms with Crippen LogP contribution in [0.1, 0.15) is 61.0 Å². The van der Waals surface area contributed by atoms with E-state index >= 15 is 0 Å². The highest BCUT2D eigenvalue weighted by atomic mass is 16.2. The third-order valence-electron chi connectivity index (χ3n) is 7.21. The molecule has 2 fully saturated rings. The highest BCUT2D eigenvalue weighted by Crippen LogP contribution is 2.25. The molecular weight excluding hydrogens is 426 g/mol. The fourth-order valence-electron chi connectivity index (χ4n) is 4.94. The maximum atomic E-state index is 13.2. The summed E-state index contributed by atoms with van der Waals surface area (Å²) in [6.45, 7) is 5.15. The number of hydrogen-bond acceptors (Lipinski definition) is 3. The van der Waals surface area contributed by atoms with Gasteiger partial charge in [-0.3, -0.25) is 14.4 Å². The average Bonchev–Trinajstić information content (AvgIpc) is 2.89. The van der Waals surface area contributed by atoms with Crippen molar-refractivity contribution in [3.63, 3.8) is 0 Å². The third-order valence-corrected chi connectivity index (χ3v) is 7.21. The molecule has 34 heavy (non-hydrogen) atoms. The molecule has 0 bridgehead atoms. The number of nitrogens with one attached hydrogen (secondary N) is 1. The molecular formula is C28H35N3O3. The second-order valence-corrected chi connectivity index (χ2v) is 9.67. The minimum atomic E-state index is -0.406. The van der Waals surface area contributed by atoms with Crippen molar-refractivity contribution in [1.82, 2.24) is 15.1 Å². The van der Waals surface area contributed by atoms with Crippen LogP contribution < -0.4 is 5.32 Å². The van der Waals surface area contributed by atoms with E-state index in [2.05, 4.69) is 12.2 Å². The second kappa shape index (κ2) is 11.3. The van der Waals surface area contributed by atoms with Crippen molar-refractivity contribution in [3.05, 3.63) is 71.8 Å². The SMILES string of the molecule is CC1CCN(C(=O)C2CCN(C(=O)CC(NC(=O)c3ccccc3)c3ccccc3)CC2)CC1. The van der Waals surface area contributed by atoms with Gasteiger partial charge in [-0.2, -0.15) is 0 Å². The first-order valence-corrected chi connectivity index (χ1v) is 12.5. The van der Waals surface area contributed by atoms with E-state index in [0.717, 1.165) is 31.5 Å². The largest absolute Gasteiger partial charge is 0.345 e. The molecule has 180 valence electrons. The van der Waals surface area contributed by atoms with E-state index in [0.29, 0.717) is 37.4 Å². The lowest BCUT2D eigenvalue weighted by Gasteiger charge is -2.37. The van der Waals surface area contributed by atoms with Crippen molar-refractivity contribution >= 4 is 17.7 Å². The Morgan fingerprint density at radius 3 is 2.00 bits per heavy atom. The molecule has 1 unspecified atom stereocenters. The first kappa shape index (κ1) is 24.0. The molecule has 1 N–H and O–H groups in total. The number of likely N-dealkylation sites (tertiary alicyclic amines) is 2. The molecule has 0 aromatic heterocycles. The van der Waals surface area contributed by atoms with Crippen LogP contribution in [-0.4, -0.2) is 53.7 Å². The van der Waals surface area contributed by atoms with Crippen LogP contribution in [0.3, 0.4) is 0 Å². The summed E-state index contributed by atoms with van der Waals surface area (Å²) in [5.41, 5.74) is 1.48. The summed E-state index contributed by atoms with van der Waals surface area (Å²) in [6, 6.07) is 18.3. The number of rotatable bonds is 6. The van der Waals surface area contributed by atoms with Crippen LogP contribution in [0.2, 0.25) is 0 Å². The number of carbonyl (C=O) groups is 3. The predicted octanol–water partition coefficient (Wildman–Crippen LogP) is 4.04. The lowest BCUT2D eigenvalue weighted by molar-refractivity contribution is -0.141. The van der Waals surface area contributed by atoms with Crippen molar-refractivity contribution in [2.45, 2.75) is 45.1 Å². The van der Waals surface area contributed by atoms with Crippen molar-refractivity contribution in [1.29, 1.82) is 0 Å². The summed E-state index contributed by atoms with van der Waals surface area (Å²) < 4.78 is 0. The molecule has 2 saturated heterocycles. The Morgan fingerprint density at radius 1 is 0.824 bits per heavy atom. The van der Waals surface area contributed by atoms with Crippen molar-refractivity contribution in [2.24, 2.45) is 11.8 Å². The minimum Gasteiger partial charge on any atom is -0.345 e. The molecule has 6 heteroatoms. The fourth-order valence-corrected chi connectivity index (χ4v) is 4.94. The van der Waals surface area contributed by atoms with Gasteiger partial charge in [-0.25, -0.2) is 0 Å². The van der Waals surface area contributed by atoms with Gasteiger partial charge in [-0.1, -0.05) is 55.5 Å². The van der Waals surface area contributed by atoms with Crippen LogP contribution >= 0.6 is 0 Å². The first-order chi connectivity index (χ1) is 16.5. The van der Waals surface area contributed by atoms with Crippen molar-refractivity contribution < 1.29 is 14.4 Å². The Hall–Kier alpha value is -3.15. The van der Waals surface area contributed by atoms with E-state index in [-0.39, 0.29) is 30.1 Å². The standard InChI is InChI=1S/C28H35N3O3/c1-21-12-16-31(17-13-21)28(34)24-14-18-30(19-15-24)26(32)20-25(22-8-4-2-5-9-22)29-27(33)23-10-6-3-7-11-23/h2-11,21,24-25H,12-20H2,1H3,(H,29,33). The van der Waals surface area contributed by atoms with Crippen LogP contribution in [-0.2, 0) is 9.59 Å². The molecule has 4 rings (SSSR count). The molecule has 6 nitrogen and oxygen atoms in total. The number of nitrogens with zero attached hydrogens (tertiary/aromatic N) is 2. The Kier molecular flexibility index (Phi) is 7.99. The summed E-state index contributed by atoms with van der Waals surface area (Å²) in [5, 5.41) is 3.05. The molecule has 2 aromatic carbocycles. The highest BCUT2D eigenvalue weighted by Gasteiger charge is 2.32. The van der Waals surface area contributed by atoms with Gasteiger partial charge in [0.25, 0.3) is 5.91 Å². The van der Waals surface area contributed by atoms with E-state index in [1.165, 1.54) is 0 Å². The van der Waals surface area contributed by atoms with Crippen LogP contribution in [0.25, 0.3) is 0 Å². The summed E-state index contributed by atoms with van der Waals surface area (Å²) >= 11 is 0. The van der Waals surface area contributed by atoms with Crippen LogP contribution in [0.15, 0.2) is 60.7 Å². The first-order valence-electron chi connectivity index (χ1n) is 12.5. The molecule has 2 aliphatic heterocycles. The molecule has 3 amide bonds. The molecule has 0 saturated carbocycles. The quantitative estimate of drug-likeness (QED) is 0.706. The Balaban J connectivity index is 1.34. The van der Waals surface area contributed by atoms with E-state index in [1.807, 2.05) is 58.3 Å². The zero-order chi connectivity index (χ0) is 23.9. The molecule has 2 aromatic rings. The maximum Gasteiger partial charge on any atom is 0.251 e. The van der Waals surface area contributed by atoms with Gasteiger partial charge in [-0.15, -0.1) is 0 Å².